The van der Waals surface area contributed by atoms with Crippen molar-refractivity contribution in [3.8, 4) is 22.6 Å². The highest BCUT2D eigenvalue weighted by Crippen LogP contribution is 2.30. The van der Waals surface area contributed by atoms with E-state index in [4.69, 9.17) is 9.47 Å². The Balaban J connectivity index is 1.44. The van der Waals surface area contributed by atoms with Crippen LogP contribution in [-0.2, 0) is 0 Å². The first-order valence-electron chi connectivity index (χ1n) is 9.71. The van der Waals surface area contributed by atoms with Crippen LogP contribution in [0.3, 0.4) is 0 Å². The number of H-pyrrole nitrogens is 1. The topological polar surface area (TPSA) is 73.3 Å². The highest BCUT2D eigenvalue weighted by atomic mass is 16.6. The van der Waals surface area contributed by atoms with Crippen LogP contribution in [0.1, 0.15) is 0 Å². The molecule has 0 atom stereocenters. The summed E-state index contributed by atoms with van der Waals surface area (Å²) < 4.78 is 12.2. The average Bonchev–Trinajstić information content (AvgIpc) is 3.24. The first-order chi connectivity index (χ1) is 15.1. The molecule has 0 aliphatic rings. The maximum Gasteiger partial charge on any atom is 0.423 e. The van der Waals surface area contributed by atoms with Gasteiger partial charge in [0, 0.05) is 34.9 Å². The minimum atomic E-state index is -0.483. The molecule has 0 aliphatic heterocycles. The smallest absolute Gasteiger partial charge is 0.423 e. The zero-order chi connectivity index (χ0) is 21.4. The van der Waals surface area contributed by atoms with Crippen LogP contribution >= 0.6 is 0 Å². The second-order valence-electron chi connectivity index (χ2n) is 7.13. The molecule has 1 N–H and O–H groups in total. The van der Waals surface area contributed by atoms with Gasteiger partial charge in [0.25, 0.3) is 5.56 Å². The van der Waals surface area contributed by atoms with Crippen molar-refractivity contribution in [2.24, 2.45) is 0 Å². The molecule has 6 nitrogen and oxygen atoms in total. The van der Waals surface area contributed by atoms with Crippen LogP contribution in [0.25, 0.3) is 32.7 Å². The van der Waals surface area contributed by atoms with Gasteiger partial charge in [0.1, 0.15) is 11.5 Å². The molecule has 6 heteroatoms. The zero-order valence-electron chi connectivity index (χ0n) is 16.7. The van der Waals surface area contributed by atoms with E-state index in [1.165, 1.54) is 4.57 Å². The second kappa shape index (κ2) is 7.50. The van der Waals surface area contributed by atoms with Crippen LogP contribution in [-0.4, -0.2) is 22.8 Å². The summed E-state index contributed by atoms with van der Waals surface area (Å²) in [7, 11) is 1.59. The number of hydrogen-bond acceptors (Lipinski definition) is 4. The SMILES string of the molecule is COc1ccc2c(=O)[nH]cc(-c3ccc(OC(=O)n4cc5ccccc5c4)cc3)c2c1. The van der Waals surface area contributed by atoms with Gasteiger partial charge in [-0.25, -0.2) is 4.79 Å². The molecule has 5 aromatic rings. The van der Waals surface area contributed by atoms with E-state index in [0.717, 1.165) is 27.3 Å². The number of pyridine rings is 1. The number of aromatic amines is 1. The van der Waals surface area contributed by atoms with Crippen LogP contribution in [0, 0.1) is 0 Å². The Morgan fingerprint density at radius 1 is 0.871 bits per heavy atom. The summed E-state index contributed by atoms with van der Waals surface area (Å²) >= 11 is 0. The first-order valence-corrected chi connectivity index (χ1v) is 9.71. The number of fused-ring (bicyclic) bond motifs is 2. The van der Waals surface area contributed by atoms with Gasteiger partial charge in [-0.15, -0.1) is 0 Å². The summed E-state index contributed by atoms with van der Waals surface area (Å²) in [5, 5.41) is 3.30. The number of aromatic nitrogens is 2. The Bertz CT molecular complexity index is 1450. The van der Waals surface area contributed by atoms with Crippen molar-refractivity contribution in [2.45, 2.75) is 0 Å². The molecule has 0 amide bonds. The van der Waals surface area contributed by atoms with E-state index < -0.39 is 6.09 Å². The fourth-order valence-electron chi connectivity index (χ4n) is 3.65. The molecule has 0 bridgehead atoms. The molecule has 0 aliphatic carbocycles. The monoisotopic (exact) mass is 410 g/mol. The average molecular weight is 410 g/mol. The number of methoxy groups -OCH3 is 1. The highest BCUT2D eigenvalue weighted by molar-refractivity contribution is 5.96. The lowest BCUT2D eigenvalue weighted by Crippen LogP contribution is -2.14. The predicted octanol–water partition coefficient (Wildman–Crippen LogP) is 5.21. The molecule has 0 saturated heterocycles. The molecular formula is C25H18N2O4. The van der Waals surface area contributed by atoms with E-state index in [1.807, 2.05) is 42.5 Å². The summed E-state index contributed by atoms with van der Waals surface area (Å²) in [5.41, 5.74) is 1.56. The zero-order valence-corrected chi connectivity index (χ0v) is 16.7. The van der Waals surface area contributed by atoms with Crippen LogP contribution in [0.15, 0.2) is 90.1 Å². The normalized spacial score (nSPS) is 11.0. The van der Waals surface area contributed by atoms with Crippen LogP contribution in [0.2, 0.25) is 0 Å². The van der Waals surface area contributed by atoms with Crippen LogP contribution in [0.5, 0.6) is 11.5 Å². The van der Waals surface area contributed by atoms with Crippen LogP contribution < -0.4 is 15.0 Å². The Morgan fingerprint density at radius 2 is 1.55 bits per heavy atom. The Hall–Kier alpha value is -4.32. The lowest BCUT2D eigenvalue weighted by Gasteiger charge is -2.09. The third kappa shape index (κ3) is 3.44. The molecule has 3 aromatic carbocycles. The molecule has 152 valence electrons. The molecular weight excluding hydrogens is 392 g/mol. The Kier molecular flexibility index (Phi) is 4.52. The van der Waals surface area contributed by atoms with Gasteiger partial charge in [-0.2, -0.15) is 0 Å². The van der Waals surface area contributed by atoms with Crippen molar-refractivity contribution in [1.29, 1.82) is 0 Å². The van der Waals surface area contributed by atoms with E-state index in [-0.39, 0.29) is 5.56 Å². The number of benzene rings is 3. The van der Waals surface area contributed by atoms with Crippen molar-refractivity contribution in [3.63, 3.8) is 0 Å². The summed E-state index contributed by atoms with van der Waals surface area (Å²) in [5.74, 6) is 1.10. The molecule has 31 heavy (non-hydrogen) atoms. The van der Waals surface area contributed by atoms with Crippen molar-refractivity contribution in [2.75, 3.05) is 7.11 Å². The maximum atomic E-state index is 12.5. The van der Waals surface area contributed by atoms with Gasteiger partial charge in [-0.3, -0.25) is 9.36 Å². The van der Waals surface area contributed by atoms with Crippen molar-refractivity contribution >= 4 is 27.6 Å². The quantitative estimate of drug-likeness (QED) is 0.443. The minimum Gasteiger partial charge on any atom is -0.497 e. The molecule has 0 saturated carbocycles. The second-order valence-corrected chi connectivity index (χ2v) is 7.13. The lowest BCUT2D eigenvalue weighted by molar-refractivity contribution is 0.202. The van der Waals surface area contributed by atoms with E-state index in [1.54, 1.807) is 50.0 Å². The molecule has 5 rings (SSSR count). The third-order valence-corrected chi connectivity index (χ3v) is 5.24. The summed E-state index contributed by atoms with van der Waals surface area (Å²) in [6, 6.07) is 20.2. The van der Waals surface area contributed by atoms with E-state index >= 15 is 0 Å². The van der Waals surface area contributed by atoms with E-state index in [9.17, 15) is 9.59 Å². The number of carbonyl (C=O) groups excluding carboxylic acids is 1. The fraction of sp³-hybridized carbons (Fsp3) is 0.0400. The van der Waals surface area contributed by atoms with Gasteiger partial charge in [0.15, 0.2) is 0 Å². The summed E-state index contributed by atoms with van der Waals surface area (Å²) in [4.78, 5) is 27.5. The number of carbonyl (C=O) groups is 1. The molecule has 2 aromatic heterocycles. The number of ether oxygens (including phenoxy) is 2. The first kappa shape index (κ1) is 18.7. The van der Waals surface area contributed by atoms with Gasteiger partial charge in [-0.05, 0) is 46.7 Å². The van der Waals surface area contributed by atoms with Crippen molar-refractivity contribution in [1.82, 2.24) is 9.55 Å². The largest absolute Gasteiger partial charge is 0.497 e. The van der Waals surface area contributed by atoms with E-state index in [2.05, 4.69) is 4.98 Å². The summed E-state index contributed by atoms with van der Waals surface area (Å²) in [6.45, 7) is 0. The molecule has 0 unspecified atom stereocenters. The van der Waals surface area contributed by atoms with Gasteiger partial charge >= 0.3 is 6.09 Å². The number of rotatable bonds is 3. The van der Waals surface area contributed by atoms with Gasteiger partial charge in [0.05, 0.1) is 7.11 Å². The van der Waals surface area contributed by atoms with Crippen molar-refractivity contribution < 1.29 is 14.3 Å². The molecule has 0 spiro atoms. The fourth-order valence-corrected chi connectivity index (χ4v) is 3.65. The molecule has 2 heterocycles. The number of hydrogen-bond donors (Lipinski definition) is 1. The van der Waals surface area contributed by atoms with Gasteiger partial charge in [-0.1, -0.05) is 36.4 Å². The van der Waals surface area contributed by atoms with Gasteiger partial charge < -0.3 is 14.5 Å². The molecule has 0 fully saturated rings. The predicted molar refractivity (Wildman–Crippen MR) is 120 cm³/mol. The van der Waals surface area contributed by atoms with Crippen LogP contribution in [0.4, 0.5) is 4.79 Å². The highest BCUT2D eigenvalue weighted by Gasteiger charge is 2.11. The standard InChI is InChI=1S/C25H18N2O4/c1-30-20-10-11-21-22(12-20)23(13-26-24(21)28)16-6-8-19(9-7-16)31-25(29)27-14-17-4-2-3-5-18(17)15-27/h2-15H,1H3,(H,26,28). The minimum absolute atomic E-state index is 0.161. The lowest BCUT2D eigenvalue weighted by atomic mass is 10.0. The summed E-state index contributed by atoms with van der Waals surface area (Å²) in [6.07, 6.45) is 4.68. The molecule has 0 radical (unpaired) electrons. The third-order valence-electron chi connectivity index (χ3n) is 5.24. The number of nitrogens with one attached hydrogen (secondary N) is 1. The Labute approximate surface area is 177 Å². The number of nitrogens with zero attached hydrogens (tertiary/aromatic N) is 1. The Morgan fingerprint density at radius 3 is 2.23 bits per heavy atom. The van der Waals surface area contributed by atoms with Crippen molar-refractivity contribution in [3.05, 3.63) is 95.7 Å². The maximum absolute atomic E-state index is 12.5. The van der Waals surface area contributed by atoms with Gasteiger partial charge in [0.2, 0.25) is 0 Å². The van der Waals surface area contributed by atoms with E-state index in [0.29, 0.717) is 16.9 Å².